The summed E-state index contributed by atoms with van der Waals surface area (Å²) in [5, 5.41) is 1.29. The number of H-pyrrole nitrogens is 1. The quantitative estimate of drug-likeness (QED) is 0.740. The van der Waals surface area contributed by atoms with Gasteiger partial charge in [-0.2, -0.15) is 0 Å². The van der Waals surface area contributed by atoms with Gasteiger partial charge in [-0.25, -0.2) is 0 Å². The van der Waals surface area contributed by atoms with E-state index in [9.17, 15) is 0 Å². The van der Waals surface area contributed by atoms with E-state index in [1.54, 1.807) is 0 Å². The lowest BCUT2D eigenvalue weighted by Gasteiger charge is -2.01. The second kappa shape index (κ2) is 2.72. The Morgan fingerprint density at radius 2 is 2.15 bits per heavy atom. The average molecular weight is 285 g/mol. The first-order chi connectivity index (χ1) is 6.36. The Hall–Kier alpha value is -0.550. The molecule has 0 atom stereocenters. The Morgan fingerprint density at radius 3 is 3.08 bits per heavy atom. The molecule has 3 heteroatoms. The van der Waals surface area contributed by atoms with Gasteiger partial charge in [0.05, 0.1) is 18.7 Å². The molecule has 1 aromatic carbocycles. The van der Waals surface area contributed by atoms with Gasteiger partial charge in [-0.1, -0.05) is 0 Å². The predicted octanol–water partition coefficient (Wildman–Crippen LogP) is 2.80. The van der Waals surface area contributed by atoms with Crippen molar-refractivity contribution >= 4 is 33.5 Å². The van der Waals surface area contributed by atoms with Gasteiger partial charge in [0.25, 0.3) is 0 Å². The summed E-state index contributed by atoms with van der Waals surface area (Å²) in [7, 11) is 0. The smallest absolute Gasteiger partial charge is 0.0745 e. The summed E-state index contributed by atoms with van der Waals surface area (Å²) >= 11 is 2.38. The highest BCUT2D eigenvalue weighted by Gasteiger charge is 2.17. The minimum Gasteiger partial charge on any atom is -0.372 e. The molecule has 0 bridgehead atoms. The number of rotatable bonds is 0. The van der Waals surface area contributed by atoms with Crippen LogP contribution in [0.2, 0.25) is 0 Å². The van der Waals surface area contributed by atoms with Crippen LogP contribution >= 0.6 is 22.6 Å². The molecule has 0 saturated carbocycles. The molecule has 0 saturated heterocycles. The normalized spacial score (nSPS) is 15.2. The number of fused-ring (bicyclic) bond motifs is 3. The maximum atomic E-state index is 5.45. The molecule has 0 spiro atoms. The standard InChI is InChI=1S/C10H8INO/c11-9-3-6-1-2-12-10(6)8-5-13-4-7(8)9/h1-3,12H,4-5H2. The van der Waals surface area contributed by atoms with Gasteiger partial charge in [0.1, 0.15) is 0 Å². The van der Waals surface area contributed by atoms with Crippen molar-refractivity contribution in [3.05, 3.63) is 33.0 Å². The molecular formula is C10H8INO. The first kappa shape index (κ1) is 7.82. The molecule has 66 valence electrons. The highest BCUT2D eigenvalue weighted by Crippen LogP contribution is 2.31. The van der Waals surface area contributed by atoms with Crippen molar-refractivity contribution < 1.29 is 4.74 Å². The van der Waals surface area contributed by atoms with Crippen molar-refractivity contribution in [3.8, 4) is 0 Å². The van der Waals surface area contributed by atoms with Gasteiger partial charge in [-0.15, -0.1) is 0 Å². The molecule has 3 rings (SSSR count). The van der Waals surface area contributed by atoms with Crippen LogP contribution in [0.4, 0.5) is 0 Å². The van der Waals surface area contributed by atoms with E-state index in [0.717, 1.165) is 13.2 Å². The summed E-state index contributed by atoms with van der Waals surface area (Å²) in [5.41, 5.74) is 3.94. The Balaban J connectivity index is 2.48. The fraction of sp³-hybridized carbons (Fsp3) is 0.200. The van der Waals surface area contributed by atoms with Gasteiger partial charge >= 0.3 is 0 Å². The Kier molecular flexibility index (Phi) is 1.63. The maximum absolute atomic E-state index is 5.45. The molecule has 1 aliphatic heterocycles. The lowest BCUT2D eigenvalue weighted by molar-refractivity contribution is 0.134. The third-order valence-electron chi connectivity index (χ3n) is 2.51. The van der Waals surface area contributed by atoms with E-state index in [0.29, 0.717) is 0 Å². The van der Waals surface area contributed by atoms with E-state index in [2.05, 4.69) is 39.7 Å². The number of hydrogen-bond donors (Lipinski definition) is 1. The molecule has 2 aromatic rings. The molecular weight excluding hydrogens is 277 g/mol. The number of aromatic amines is 1. The Bertz CT molecular complexity index is 475. The number of ether oxygens (including phenoxy) is 1. The number of aromatic nitrogens is 1. The van der Waals surface area contributed by atoms with E-state index >= 15 is 0 Å². The summed E-state index contributed by atoms with van der Waals surface area (Å²) in [6.45, 7) is 1.52. The Labute approximate surface area is 89.4 Å². The third-order valence-corrected chi connectivity index (χ3v) is 3.47. The minimum absolute atomic E-state index is 0.753. The van der Waals surface area contributed by atoms with Crippen LogP contribution in [0.3, 0.4) is 0 Å². The molecule has 0 fully saturated rings. The van der Waals surface area contributed by atoms with Crippen molar-refractivity contribution in [1.29, 1.82) is 0 Å². The molecule has 0 aliphatic carbocycles. The average Bonchev–Trinajstić information content (AvgIpc) is 2.66. The van der Waals surface area contributed by atoms with E-state index in [1.165, 1.54) is 25.6 Å². The van der Waals surface area contributed by atoms with Crippen LogP contribution in [0.25, 0.3) is 10.9 Å². The molecule has 1 aromatic heterocycles. The molecule has 2 nitrogen and oxygen atoms in total. The van der Waals surface area contributed by atoms with Gasteiger partial charge in [-0.3, -0.25) is 0 Å². The first-order valence-electron chi connectivity index (χ1n) is 4.21. The van der Waals surface area contributed by atoms with Gasteiger partial charge in [0.15, 0.2) is 0 Å². The fourth-order valence-electron chi connectivity index (χ4n) is 1.85. The van der Waals surface area contributed by atoms with Crippen molar-refractivity contribution in [2.75, 3.05) is 0 Å². The van der Waals surface area contributed by atoms with Crippen LogP contribution in [0, 0.1) is 3.57 Å². The van der Waals surface area contributed by atoms with Crippen LogP contribution in [-0.4, -0.2) is 4.98 Å². The van der Waals surface area contributed by atoms with Gasteiger partial charge in [0.2, 0.25) is 0 Å². The molecule has 1 aliphatic rings. The van der Waals surface area contributed by atoms with Crippen LogP contribution in [0.15, 0.2) is 18.3 Å². The zero-order chi connectivity index (χ0) is 8.84. The third kappa shape index (κ3) is 1.03. The van der Waals surface area contributed by atoms with Gasteiger partial charge in [0, 0.05) is 20.7 Å². The van der Waals surface area contributed by atoms with Crippen molar-refractivity contribution in [2.45, 2.75) is 13.2 Å². The van der Waals surface area contributed by atoms with Gasteiger partial charge in [-0.05, 0) is 40.3 Å². The number of nitrogens with one attached hydrogen (secondary N) is 1. The molecule has 0 radical (unpaired) electrons. The van der Waals surface area contributed by atoms with Gasteiger partial charge < -0.3 is 9.72 Å². The van der Waals surface area contributed by atoms with E-state index in [1.807, 2.05) is 6.20 Å². The maximum Gasteiger partial charge on any atom is 0.0745 e. The zero-order valence-electron chi connectivity index (χ0n) is 6.93. The first-order valence-corrected chi connectivity index (χ1v) is 5.29. The van der Waals surface area contributed by atoms with E-state index < -0.39 is 0 Å². The van der Waals surface area contributed by atoms with Crippen LogP contribution in [0.5, 0.6) is 0 Å². The number of benzene rings is 1. The molecule has 0 unspecified atom stereocenters. The van der Waals surface area contributed by atoms with E-state index in [-0.39, 0.29) is 0 Å². The zero-order valence-corrected chi connectivity index (χ0v) is 9.09. The lowest BCUT2D eigenvalue weighted by Crippen LogP contribution is -1.88. The van der Waals surface area contributed by atoms with Crippen LogP contribution in [-0.2, 0) is 18.0 Å². The molecule has 13 heavy (non-hydrogen) atoms. The predicted molar refractivity (Wildman–Crippen MR) is 59.5 cm³/mol. The summed E-state index contributed by atoms with van der Waals surface area (Å²) in [6, 6.07) is 4.32. The topological polar surface area (TPSA) is 25.0 Å². The van der Waals surface area contributed by atoms with Crippen molar-refractivity contribution in [3.63, 3.8) is 0 Å². The molecule has 1 N–H and O–H groups in total. The number of halogens is 1. The summed E-state index contributed by atoms with van der Waals surface area (Å²) in [4.78, 5) is 3.26. The summed E-state index contributed by atoms with van der Waals surface area (Å²) in [5.74, 6) is 0. The van der Waals surface area contributed by atoms with Crippen LogP contribution < -0.4 is 0 Å². The monoisotopic (exact) mass is 285 g/mol. The molecule has 2 heterocycles. The molecule has 0 amide bonds. The SMILES string of the molecule is Ic1cc2cc[nH]c2c2c1COC2. The summed E-state index contributed by atoms with van der Waals surface area (Å²) in [6.07, 6.45) is 1.99. The van der Waals surface area contributed by atoms with E-state index in [4.69, 9.17) is 4.74 Å². The Morgan fingerprint density at radius 1 is 1.31 bits per heavy atom. The second-order valence-corrected chi connectivity index (χ2v) is 4.41. The summed E-state index contributed by atoms with van der Waals surface area (Å²) < 4.78 is 6.77. The number of hydrogen-bond acceptors (Lipinski definition) is 1. The highest BCUT2D eigenvalue weighted by atomic mass is 127. The lowest BCUT2D eigenvalue weighted by atomic mass is 10.1. The fourth-order valence-corrected chi connectivity index (χ4v) is 2.67. The largest absolute Gasteiger partial charge is 0.372 e. The van der Waals surface area contributed by atoms with Crippen molar-refractivity contribution in [2.24, 2.45) is 0 Å². The minimum atomic E-state index is 0.753. The van der Waals surface area contributed by atoms with Crippen molar-refractivity contribution in [1.82, 2.24) is 4.98 Å². The highest BCUT2D eigenvalue weighted by molar-refractivity contribution is 14.1. The van der Waals surface area contributed by atoms with Crippen LogP contribution in [0.1, 0.15) is 11.1 Å². The second-order valence-electron chi connectivity index (χ2n) is 3.25.